The van der Waals surface area contributed by atoms with Gasteiger partial charge in [0.25, 0.3) is 5.91 Å². The van der Waals surface area contributed by atoms with Crippen molar-refractivity contribution in [3.8, 4) is 0 Å². The van der Waals surface area contributed by atoms with Crippen LogP contribution in [0.2, 0.25) is 0 Å². The van der Waals surface area contributed by atoms with Gasteiger partial charge in [-0.3, -0.25) is 9.59 Å². The van der Waals surface area contributed by atoms with E-state index in [1.54, 1.807) is 23.1 Å². The van der Waals surface area contributed by atoms with Crippen LogP contribution >= 0.6 is 0 Å². The summed E-state index contributed by atoms with van der Waals surface area (Å²) in [5, 5.41) is 8.89. The van der Waals surface area contributed by atoms with Crippen LogP contribution in [-0.4, -0.2) is 60.8 Å². The lowest BCUT2D eigenvalue weighted by atomic mass is 9.93. The minimum absolute atomic E-state index is 0.0948. The van der Waals surface area contributed by atoms with Crippen LogP contribution in [0.4, 0.5) is 0 Å². The maximum atomic E-state index is 12.8. The van der Waals surface area contributed by atoms with Crippen LogP contribution in [0.3, 0.4) is 0 Å². The molecule has 1 aromatic carbocycles. The first-order valence-electron chi connectivity index (χ1n) is 9.49. The van der Waals surface area contributed by atoms with Gasteiger partial charge in [-0.2, -0.15) is 4.31 Å². The topological polar surface area (TPSA) is 95.0 Å². The lowest BCUT2D eigenvalue weighted by Gasteiger charge is -2.31. The van der Waals surface area contributed by atoms with Gasteiger partial charge >= 0.3 is 5.97 Å². The van der Waals surface area contributed by atoms with E-state index in [1.165, 1.54) is 10.4 Å². The molecule has 0 unspecified atom stereocenters. The van der Waals surface area contributed by atoms with E-state index in [9.17, 15) is 18.0 Å². The number of benzene rings is 1. The van der Waals surface area contributed by atoms with Crippen molar-refractivity contribution >= 4 is 21.9 Å². The zero-order valence-electron chi connectivity index (χ0n) is 15.3. The first-order chi connectivity index (χ1) is 12.9. The molecule has 7 nitrogen and oxygen atoms in total. The lowest BCUT2D eigenvalue weighted by Crippen LogP contribution is -2.39. The Morgan fingerprint density at radius 3 is 2.33 bits per heavy atom. The third kappa shape index (κ3) is 4.68. The number of carboxylic acids is 1. The van der Waals surface area contributed by atoms with Crippen molar-refractivity contribution in [3.63, 3.8) is 0 Å². The first-order valence-corrected chi connectivity index (χ1v) is 10.9. The fourth-order valence-electron chi connectivity index (χ4n) is 3.81. The van der Waals surface area contributed by atoms with Crippen molar-refractivity contribution in [2.24, 2.45) is 5.92 Å². The standard InChI is InChI=1S/C19H26N2O5S/c22-18(23)13-15-7-11-20(12-8-15)19(24)16-5-4-6-17(14-16)27(25,26)21-9-2-1-3-10-21/h4-6,14-15H,1-3,7-13H2,(H,22,23). The van der Waals surface area contributed by atoms with E-state index in [-0.39, 0.29) is 23.1 Å². The number of carbonyl (C=O) groups is 2. The molecule has 3 rings (SSSR count). The minimum Gasteiger partial charge on any atom is -0.481 e. The van der Waals surface area contributed by atoms with Gasteiger partial charge in [-0.1, -0.05) is 12.5 Å². The molecule has 2 heterocycles. The molecule has 27 heavy (non-hydrogen) atoms. The smallest absolute Gasteiger partial charge is 0.303 e. The number of likely N-dealkylation sites (tertiary alicyclic amines) is 1. The van der Waals surface area contributed by atoms with Crippen LogP contribution in [0.25, 0.3) is 0 Å². The SMILES string of the molecule is O=C(O)CC1CCN(C(=O)c2cccc(S(=O)(=O)N3CCCCC3)c2)CC1. The third-order valence-electron chi connectivity index (χ3n) is 5.40. The number of amides is 1. The number of rotatable bonds is 5. The van der Waals surface area contributed by atoms with E-state index < -0.39 is 16.0 Å². The van der Waals surface area contributed by atoms with Gasteiger partial charge in [0.05, 0.1) is 4.90 Å². The quantitative estimate of drug-likeness (QED) is 0.826. The fourth-order valence-corrected chi connectivity index (χ4v) is 5.38. The van der Waals surface area contributed by atoms with Gasteiger partial charge in [-0.05, 0) is 49.8 Å². The number of carbonyl (C=O) groups excluding carboxylic acids is 1. The van der Waals surface area contributed by atoms with Crippen molar-refractivity contribution in [1.29, 1.82) is 0 Å². The van der Waals surface area contributed by atoms with E-state index in [2.05, 4.69) is 0 Å². The fraction of sp³-hybridized carbons (Fsp3) is 0.579. The minimum atomic E-state index is -3.57. The molecule has 1 aromatic rings. The zero-order valence-corrected chi connectivity index (χ0v) is 16.2. The molecule has 2 aliphatic heterocycles. The van der Waals surface area contributed by atoms with Gasteiger partial charge in [0.1, 0.15) is 0 Å². The van der Waals surface area contributed by atoms with Gasteiger partial charge in [-0.25, -0.2) is 8.42 Å². The summed E-state index contributed by atoms with van der Waals surface area (Å²) in [5.74, 6) is -0.910. The van der Waals surface area contributed by atoms with E-state index in [0.717, 1.165) is 19.3 Å². The van der Waals surface area contributed by atoms with Crippen LogP contribution in [-0.2, 0) is 14.8 Å². The van der Waals surface area contributed by atoms with Crippen molar-refractivity contribution in [1.82, 2.24) is 9.21 Å². The Morgan fingerprint density at radius 2 is 1.70 bits per heavy atom. The number of hydrogen-bond acceptors (Lipinski definition) is 4. The third-order valence-corrected chi connectivity index (χ3v) is 7.29. The van der Waals surface area contributed by atoms with Crippen molar-refractivity contribution < 1.29 is 23.1 Å². The molecule has 148 valence electrons. The summed E-state index contributed by atoms with van der Waals surface area (Å²) >= 11 is 0. The summed E-state index contributed by atoms with van der Waals surface area (Å²) in [7, 11) is -3.57. The van der Waals surface area contributed by atoms with Gasteiger partial charge in [0.15, 0.2) is 0 Å². The largest absolute Gasteiger partial charge is 0.481 e. The van der Waals surface area contributed by atoms with Gasteiger partial charge < -0.3 is 10.0 Å². The first kappa shape index (κ1) is 19.8. The van der Waals surface area contributed by atoms with Gasteiger partial charge in [0.2, 0.25) is 10.0 Å². The van der Waals surface area contributed by atoms with Crippen LogP contribution < -0.4 is 0 Å². The summed E-state index contributed by atoms with van der Waals surface area (Å²) in [6.07, 6.45) is 4.22. The van der Waals surface area contributed by atoms with E-state index in [1.807, 2.05) is 0 Å². The Hall–Kier alpha value is -1.93. The van der Waals surface area contributed by atoms with Crippen LogP contribution in [0.15, 0.2) is 29.2 Å². The van der Waals surface area contributed by atoms with E-state index in [0.29, 0.717) is 44.6 Å². The van der Waals surface area contributed by atoms with E-state index in [4.69, 9.17) is 5.11 Å². The lowest BCUT2D eigenvalue weighted by molar-refractivity contribution is -0.138. The second-order valence-corrected chi connectivity index (χ2v) is 9.26. The van der Waals surface area contributed by atoms with Crippen LogP contribution in [0.5, 0.6) is 0 Å². The van der Waals surface area contributed by atoms with Gasteiger partial charge in [0, 0.05) is 38.2 Å². The molecule has 1 N–H and O–H groups in total. The van der Waals surface area contributed by atoms with Gasteiger partial charge in [-0.15, -0.1) is 0 Å². The van der Waals surface area contributed by atoms with Crippen molar-refractivity contribution in [3.05, 3.63) is 29.8 Å². The highest BCUT2D eigenvalue weighted by Crippen LogP contribution is 2.24. The maximum Gasteiger partial charge on any atom is 0.303 e. The Labute approximate surface area is 160 Å². The Balaban J connectivity index is 1.70. The average Bonchev–Trinajstić information content (AvgIpc) is 2.68. The van der Waals surface area contributed by atoms with E-state index >= 15 is 0 Å². The molecule has 1 amide bonds. The molecular weight excluding hydrogens is 368 g/mol. The summed E-state index contributed by atoms with van der Waals surface area (Å²) in [6.45, 7) is 2.05. The van der Waals surface area contributed by atoms with Crippen LogP contribution in [0, 0.1) is 5.92 Å². The molecule has 8 heteroatoms. The molecular formula is C19H26N2O5S. The highest BCUT2D eigenvalue weighted by atomic mass is 32.2. The normalized spacial score (nSPS) is 19.8. The number of carboxylic acid groups (broad SMARTS) is 1. The number of sulfonamides is 1. The maximum absolute atomic E-state index is 12.8. The molecule has 2 saturated heterocycles. The van der Waals surface area contributed by atoms with Crippen molar-refractivity contribution in [2.75, 3.05) is 26.2 Å². The molecule has 2 aliphatic rings. The molecule has 0 aliphatic carbocycles. The summed E-state index contributed by atoms with van der Waals surface area (Å²) in [4.78, 5) is 25.5. The molecule has 0 radical (unpaired) electrons. The molecule has 0 saturated carbocycles. The number of piperidine rings is 2. The number of nitrogens with zero attached hydrogens (tertiary/aromatic N) is 2. The zero-order chi connectivity index (χ0) is 19.4. The highest BCUT2D eigenvalue weighted by molar-refractivity contribution is 7.89. The monoisotopic (exact) mass is 394 g/mol. The highest BCUT2D eigenvalue weighted by Gasteiger charge is 2.28. The van der Waals surface area contributed by atoms with Crippen LogP contribution in [0.1, 0.15) is 48.9 Å². The summed E-state index contributed by atoms with van der Waals surface area (Å²) in [5.41, 5.74) is 0.366. The predicted octanol–water partition coefficient (Wildman–Crippen LogP) is 2.19. The second kappa shape index (κ2) is 8.39. The molecule has 0 aromatic heterocycles. The Bertz CT molecular complexity index is 794. The molecule has 2 fully saturated rings. The molecule has 0 atom stereocenters. The number of aliphatic carboxylic acids is 1. The average molecular weight is 394 g/mol. The Morgan fingerprint density at radius 1 is 1.04 bits per heavy atom. The Kier molecular flexibility index (Phi) is 6.16. The molecule has 0 bridgehead atoms. The van der Waals surface area contributed by atoms with Crippen molar-refractivity contribution in [2.45, 2.75) is 43.4 Å². The summed E-state index contributed by atoms with van der Waals surface area (Å²) < 4.78 is 27.2. The summed E-state index contributed by atoms with van der Waals surface area (Å²) in [6, 6.07) is 6.26. The number of hydrogen-bond donors (Lipinski definition) is 1. The second-order valence-electron chi connectivity index (χ2n) is 7.33. The predicted molar refractivity (Wildman–Crippen MR) is 99.9 cm³/mol. The molecule has 0 spiro atoms.